The fourth-order valence-corrected chi connectivity index (χ4v) is 4.69. The van der Waals surface area contributed by atoms with Gasteiger partial charge < -0.3 is 14.2 Å². The first kappa shape index (κ1) is 21.4. The molecule has 2 aromatic carbocycles. The average molecular weight is 442 g/mol. The number of aromatic nitrogens is 1. The number of pyridine rings is 1. The zero-order valence-electron chi connectivity index (χ0n) is 19.0. The SMILES string of the molecule is COC(=O)c1ccc2c(c1)COc1ccc(C=Cc3ccc4c(n3)CCCC4)cc1C2OC. The van der Waals surface area contributed by atoms with E-state index in [9.17, 15) is 4.79 Å². The first-order valence-electron chi connectivity index (χ1n) is 11.3. The molecule has 1 aliphatic carbocycles. The molecule has 1 atom stereocenters. The summed E-state index contributed by atoms with van der Waals surface area (Å²) in [6.45, 7) is 0.362. The summed E-state index contributed by atoms with van der Waals surface area (Å²) in [7, 11) is 3.07. The van der Waals surface area contributed by atoms with E-state index in [0.29, 0.717) is 12.2 Å². The van der Waals surface area contributed by atoms with Gasteiger partial charge in [-0.3, -0.25) is 4.98 Å². The second kappa shape index (κ2) is 9.20. The molecule has 0 bridgehead atoms. The zero-order chi connectivity index (χ0) is 22.8. The van der Waals surface area contributed by atoms with Gasteiger partial charge in [0.2, 0.25) is 0 Å². The lowest BCUT2D eigenvalue weighted by Crippen LogP contribution is -2.08. The van der Waals surface area contributed by atoms with E-state index in [1.165, 1.54) is 31.2 Å². The summed E-state index contributed by atoms with van der Waals surface area (Å²) < 4.78 is 16.8. The molecule has 0 radical (unpaired) electrons. The fraction of sp³-hybridized carbons (Fsp3) is 0.286. The van der Waals surface area contributed by atoms with Crippen LogP contribution < -0.4 is 4.74 Å². The number of hydrogen-bond acceptors (Lipinski definition) is 5. The second-order valence-electron chi connectivity index (χ2n) is 8.49. The highest BCUT2D eigenvalue weighted by atomic mass is 16.5. The van der Waals surface area contributed by atoms with Crippen LogP contribution in [0.5, 0.6) is 5.75 Å². The van der Waals surface area contributed by atoms with Crippen LogP contribution in [0.3, 0.4) is 0 Å². The Morgan fingerprint density at radius 2 is 1.85 bits per heavy atom. The summed E-state index contributed by atoms with van der Waals surface area (Å²) in [4.78, 5) is 16.8. The number of ether oxygens (including phenoxy) is 3. The van der Waals surface area contributed by atoms with Crippen molar-refractivity contribution in [2.75, 3.05) is 14.2 Å². The molecule has 0 saturated heterocycles. The van der Waals surface area contributed by atoms with Crippen LogP contribution in [0.4, 0.5) is 0 Å². The standard InChI is InChI=1S/C28H27NO4/c1-31-27-23-13-10-20(28(30)32-2)16-21(23)17-33-26-14-8-18(15-24(26)27)7-11-22-12-9-19-5-3-4-6-25(19)29-22/h7-16,27H,3-6,17H2,1-2H3. The second-order valence-corrected chi connectivity index (χ2v) is 8.49. The Bertz CT molecular complexity index is 1230. The Hall–Kier alpha value is -3.44. The third-order valence-electron chi connectivity index (χ3n) is 6.43. The quantitative estimate of drug-likeness (QED) is 0.497. The van der Waals surface area contributed by atoms with Gasteiger partial charge in [-0.2, -0.15) is 0 Å². The van der Waals surface area contributed by atoms with E-state index in [-0.39, 0.29) is 12.1 Å². The van der Waals surface area contributed by atoms with Crippen molar-refractivity contribution in [2.45, 2.75) is 38.4 Å². The third kappa shape index (κ3) is 4.29. The number of benzene rings is 2. The molecule has 0 spiro atoms. The lowest BCUT2D eigenvalue weighted by molar-refractivity contribution is 0.0600. The molecule has 33 heavy (non-hydrogen) atoms. The van der Waals surface area contributed by atoms with Crippen molar-refractivity contribution in [3.8, 4) is 5.75 Å². The monoisotopic (exact) mass is 441 g/mol. The summed E-state index contributed by atoms with van der Waals surface area (Å²) in [6.07, 6.45) is 8.54. The van der Waals surface area contributed by atoms with Crippen LogP contribution in [0.25, 0.3) is 12.2 Å². The highest BCUT2D eigenvalue weighted by Crippen LogP contribution is 2.39. The molecule has 0 amide bonds. The van der Waals surface area contributed by atoms with Crippen molar-refractivity contribution < 1.29 is 19.0 Å². The number of fused-ring (bicyclic) bond motifs is 3. The summed E-state index contributed by atoms with van der Waals surface area (Å²) >= 11 is 0. The van der Waals surface area contributed by atoms with Crippen LogP contribution in [0, 0.1) is 0 Å². The molecule has 1 aliphatic heterocycles. The number of nitrogens with zero attached hydrogens (tertiary/aromatic N) is 1. The van der Waals surface area contributed by atoms with Gasteiger partial charge >= 0.3 is 5.97 Å². The Morgan fingerprint density at radius 3 is 2.70 bits per heavy atom. The van der Waals surface area contributed by atoms with Crippen LogP contribution in [0.15, 0.2) is 48.5 Å². The van der Waals surface area contributed by atoms with Crippen LogP contribution >= 0.6 is 0 Å². The van der Waals surface area contributed by atoms with Crippen LogP contribution in [0.2, 0.25) is 0 Å². The molecule has 1 aromatic heterocycles. The number of carbonyl (C=O) groups excluding carboxylic acids is 1. The van der Waals surface area contributed by atoms with Gasteiger partial charge in [0.1, 0.15) is 18.5 Å². The molecule has 168 valence electrons. The van der Waals surface area contributed by atoms with E-state index < -0.39 is 0 Å². The van der Waals surface area contributed by atoms with Crippen LogP contribution in [-0.2, 0) is 28.9 Å². The minimum absolute atomic E-state index is 0.292. The zero-order valence-corrected chi connectivity index (χ0v) is 19.0. The van der Waals surface area contributed by atoms with Gasteiger partial charge in [0.15, 0.2) is 0 Å². The Kier molecular flexibility index (Phi) is 5.97. The number of carbonyl (C=O) groups is 1. The Morgan fingerprint density at radius 1 is 0.970 bits per heavy atom. The normalized spacial score (nSPS) is 16.8. The molecule has 5 heteroatoms. The van der Waals surface area contributed by atoms with E-state index in [1.54, 1.807) is 13.2 Å². The van der Waals surface area contributed by atoms with Gasteiger partial charge in [-0.05, 0) is 84.3 Å². The molecular weight excluding hydrogens is 414 g/mol. The van der Waals surface area contributed by atoms with Gasteiger partial charge in [-0.1, -0.05) is 24.3 Å². The van der Waals surface area contributed by atoms with Crippen molar-refractivity contribution in [3.63, 3.8) is 0 Å². The number of rotatable bonds is 4. The fourth-order valence-electron chi connectivity index (χ4n) is 4.69. The number of aryl methyl sites for hydroxylation is 2. The Labute approximate surface area is 194 Å². The molecule has 0 fully saturated rings. The first-order chi connectivity index (χ1) is 16.2. The largest absolute Gasteiger partial charge is 0.488 e. The van der Waals surface area contributed by atoms with E-state index in [2.05, 4.69) is 30.4 Å². The maximum Gasteiger partial charge on any atom is 0.337 e. The minimum atomic E-state index is -0.364. The van der Waals surface area contributed by atoms with Crippen LogP contribution in [-0.4, -0.2) is 25.2 Å². The first-order valence-corrected chi connectivity index (χ1v) is 11.3. The molecule has 5 nitrogen and oxygen atoms in total. The molecule has 2 aliphatic rings. The summed E-state index contributed by atoms with van der Waals surface area (Å²) in [5.41, 5.74) is 8.01. The molecular formula is C28H27NO4. The maximum absolute atomic E-state index is 12.0. The molecule has 3 aromatic rings. The highest BCUT2D eigenvalue weighted by Gasteiger charge is 2.26. The minimum Gasteiger partial charge on any atom is -0.488 e. The molecule has 1 unspecified atom stereocenters. The van der Waals surface area contributed by atoms with Crippen molar-refractivity contribution in [1.29, 1.82) is 0 Å². The van der Waals surface area contributed by atoms with Crippen LogP contribution in [0.1, 0.15) is 68.5 Å². The average Bonchev–Trinajstić information content (AvgIpc) is 3.02. The highest BCUT2D eigenvalue weighted by molar-refractivity contribution is 5.89. The van der Waals surface area contributed by atoms with Crippen molar-refractivity contribution in [3.05, 3.63) is 93.3 Å². The van der Waals surface area contributed by atoms with Gasteiger partial charge in [0.05, 0.1) is 18.4 Å². The molecule has 0 saturated carbocycles. The van der Waals surface area contributed by atoms with Crippen molar-refractivity contribution in [2.24, 2.45) is 0 Å². The Balaban J connectivity index is 1.45. The lowest BCUT2D eigenvalue weighted by Gasteiger charge is -2.18. The van der Waals surface area contributed by atoms with Gasteiger partial charge in [0.25, 0.3) is 0 Å². The molecule has 5 rings (SSSR count). The van der Waals surface area contributed by atoms with Gasteiger partial charge in [-0.15, -0.1) is 0 Å². The predicted molar refractivity (Wildman–Crippen MR) is 127 cm³/mol. The predicted octanol–water partition coefficient (Wildman–Crippen LogP) is 5.55. The van der Waals surface area contributed by atoms with Gasteiger partial charge in [-0.25, -0.2) is 4.79 Å². The maximum atomic E-state index is 12.0. The molecule has 2 heterocycles. The smallest absolute Gasteiger partial charge is 0.337 e. The summed E-state index contributed by atoms with van der Waals surface area (Å²) in [5.74, 6) is 0.415. The van der Waals surface area contributed by atoms with E-state index in [4.69, 9.17) is 19.2 Å². The van der Waals surface area contributed by atoms with Crippen molar-refractivity contribution >= 4 is 18.1 Å². The molecule has 0 N–H and O–H groups in total. The lowest BCUT2D eigenvalue weighted by atomic mass is 9.94. The number of methoxy groups -OCH3 is 2. The number of esters is 1. The third-order valence-corrected chi connectivity index (χ3v) is 6.43. The van der Waals surface area contributed by atoms with E-state index in [1.807, 2.05) is 24.3 Å². The topological polar surface area (TPSA) is 57.7 Å². The van der Waals surface area contributed by atoms with Crippen molar-refractivity contribution in [1.82, 2.24) is 4.98 Å². The summed E-state index contributed by atoms with van der Waals surface area (Å²) in [5, 5.41) is 0. The number of hydrogen-bond donors (Lipinski definition) is 0. The van der Waals surface area contributed by atoms with E-state index >= 15 is 0 Å². The summed E-state index contributed by atoms with van der Waals surface area (Å²) in [6, 6.07) is 15.9. The van der Waals surface area contributed by atoms with Gasteiger partial charge in [0, 0.05) is 18.4 Å². The van der Waals surface area contributed by atoms with E-state index in [0.717, 1.165) is 46.5 Å².